The van der Waals surface area contributed by atoms with Crippen molar-refractivity contribution in [2.75, 3.05) is 5.75 Å². The monoisotopic (exact) mass is 352 g/mol. The molecular weight excluding hydrogens is 335 g/mol. The average Bonchev–Trinajstić information content (AvgIpc) is 2.98. The maximum atomic E-state index is 12.8. The molecule has 0 aliphatic carbocycles. The van der Waals surface area contributed by atoms with Gasteiger partial charge >= 0.3 is 5.97 Å². The number of carbonyl (C=O) groups is 2. The third kappa shape index (κ3) is 5.65. The Balaban J connectivity index is 1.75. The third-order valence-corrected chi connectivity index (χ3v) is 4.36. The molecule has 24 heavy (non-hydrogen) atoms. The summed E-state index contributed by atoms with van der Waals surface area (Å²) in [5, 5.41) is 18.8. The molecule has 1 atom stereocenters. The molecular formula is C15H17FN4O3S. The van der Waals surface area contributed by atoms with Gasteiger partial charge in [0.2, 0.25) is 5.91 Å². The highest BCUT2D eigenvalue weighted by atomic mass is 32.2. The van der Waals surface area contributed by atoms with Gasteiger partial charge in [0.15, 0.2) is 0 Å². The van der Waals surface area contributed by atoms with Crippen LogP contribution in [-0.2, 0) is 22.7 Å². The maximum absolute atomic E-state index is 12.8. The van der Waals surface area contributed by atoms with E-state index in [9.17, 15) is 14.0 Å². The number of rotatable bonds is 8. The highest BCUT2D eigenvalue weighted by Gasteiger charge is 2.14. The lowest BCUT2D eigenvalue weighted by Crippen LogP contribution is -2.30. The summed E-state index contributed by atoms with van der Waals surface area (Å²) in [6.45, 7) is 1.71. The zero-order valence-corrected chi connectivity index (χ0v) is 13.8. The number of nitrogens with zero attached hydrogens (tertiary/aromatic N) is 3. The van der Waals surface area contributed by atoms with E-state index < -0.39 is 5.97 Å². The number of carbonyl (C=O) groups excluding carboxylic acids is 1. The first-order valence-electron chi connectivity index (χ1n) is 7.21. The van der Waals surface area contributed by atoms with Gasteiger partial charge in [0.05, 0.1) is 12.7 Å². The Kier molecular flexibility index (Phi) is 6.30. The first-order valence-corrected chi connectivity index (χ1v) is 8.19. The van der Waals surface area contributed by atoms with Gasteiger partial charge in [0.1, 0.15) is 18.1 Å². The Bertz CT molecular complexity index is 705. The van der Waals surface area contributed by atoms with Gasteiger partial charge in [-0.05, 0) is 24.3 Å². The number of aliphatic carboxylic acids is 1. The summed E-state index contributed by atoms with van der Waals surface area (Å²) in [7, 11) is 0. The minimum absolute atomic E-state index is 0.141. The minimum atomic E-state index is -1.01. The summed E-state index contributed by atoms with van der Waals surface area (Å²) in [6.07, 6.45) is 1.48. The molecule has 0 saturated carbocycles. The van der Waals surface area contributed by atoms with Gasteiger partial charge in [-0.15, -0.1) is 16.9 Å². The molecule has 1 aromatic heterocycles. The number of aromatic nitrogens is 3. The SMILES string of the molecule is CC(CSc1ccc(F)cc1)C(=O)NCc1cn(CC(=O)O)nn1. The number of hydrogen-bond donors (Lipinski definition) is 2. The molecule has 0 radical (unpaired) electrons. The van der Waals surface area contributed by atoms with E-state index in [1.807, 2.05) is 0 Å². The molecule has 0 fully saturated rings. The van der Waals surface area contributed by atoms with Crippen LogP contribution in [0.25, 0.3) is 0 Å². The van der Waals surface area contributed by atoms with Crippen molar-refractivity contribution in [3.05, 3.63) is 42.0 Å². The lowest BCUT2D eigenvalue weighted by molar-refractivity contribution is -0.138. The lowest BCUT2D eigenvalue weighted by atomic mass is 10.2. The van der Waals surface area contributed by atoms with E-state index in [1.165, 1.54) is 34.8 Å². The molecule has 0 spiro atoms. The number of hydrogen-bond acceptors (Lipinski definition) is 5. The molecule has 1 aromatic carbocycles. The number of carboxylic acid groups (broad SMARTS) is 1. The molecule has 0 bridgehead atoms. The van der Waals surface area contributed by atoms with Gasteiger partial charge < -0.3 is 10.4 Å². The topological polar surface area (TPSA) is 97.1 Å². The maximum Gasteiger partial charge on any atom is 0.325 e. The number of amides is 1. The minimum Gasteiger partial charge on any atom is -0.480 e. The van der Waals surface area contributed by atoms with E-state index in [2.05, 4.69) is 15.6 Å². The van der Waals surface area contributed by atoms with Gasteiger partial charge in [-0.2, -0.15) is 0 Å². The molecule has 0 saturated heterocycles. The molecule has 1 heterocycles. The van der Waals surface area contributed by atoms with Crippen molar-refractivity contribution >= 4 is 23.6 Å². The fraction of sp³-hybridized carbons (Fsp3) is 0.333. The van der Waals surface area contributed by atoms with Crippen LogP contribution in [0, 0.1) is 11.7 Å². The van der Waals surface area contributed by atoms with Crippen LogP contribution in [0.3, 0.4) is 0 Å². The van der Waals surface area contributed by atoms with E-state index in [0.29, 0.717) is 11.4 Å². The number of carboxylic acids is 1. The van der Waals surface area contributed by atoms with Crippen molar-refractivity contribution < 1.29 is 19.1 Å². The number of thioether (sulfide) groups is 1. The summed E-state index contributed by atoms with van der Waals surface area (Å²) >= 11 is 1.47. The molecule has 128 valence electrons. The highest BCUT2D eigenvalue weighted by molar-refractivity contribution is 7.99. The predicted octanol–water partition coefficient (Wildman–Crippen LogP) is 1.55. The van der Waals surface area contributed by atoms with Gasteiger partial charge in [0, 0.05) is 16.6 Å². The van der Waals surface area contributed by atoms with Crippen LogP contribution in [-0.4, -0.2) is 37.7 Å². The van der Waals surface area contributed by atoms with Crippen LogP contribution in [0.2, 0.25) is 0 Å². The number of halogens is 1. The van der Waals surface area contributed by atoms with Gasteiger partial charge in [-0.3, -0.25) is 9.59 Å². The van der Waals surface area contributed by atoms with Gasteiger partial charge in [-0.25, -0.2) is 9.07 Å². The second-order valence-electron chi connectivity index (χ2n) is 5.18. The Morgan fingerprint density at radius 1 is 1.38 bits per heavy atom. The van der Waals surface area contributed by atoms with Crippen LogP contribution < -0.4 is 5.32 Å². The van der Waals surface area contributed by atoms with E-state index in [-0.39, 0.29) is 30.7 Å². The quantitative estimate of drug-likeness (QED) is 0.700. The van der Waals surface area contributed by atoms with Crippen molar-refractivity contribution in [1.29, 1.82) is 0 Å². The summed E-state index contributed by atoms with van der Waals surface area (Å²) in [5.74, 6) is -1.13. The van der Waals surface area contributed by atoms with Gasteiger partial charge in [0.25, 0.3) is 0 Å². The van der Waals surface area contributed by atoms with Crippen molar-refractivity contribution in [2.45, 2.75) is 24.9 Å². The summed E-state index contributed by atoms with van der Waals surface area (Å²) in [5.41, 5.74) is 0.489. The van der Waals surface area contributed by atoms with Crippen LogP contribution in [0.5, 0.6) is 0 Å². The van der Waals surface area contributed by atoms with E-state index in [1.54, 1.807) is 19.1 Å². The van der Waals surface area contributed by atoms with E-state index in [0.717, 1.165) is 4.90 Å². The summed E-state index contributed by atoms with van der Waals surface area (Å²) in [4.78, 5) is 23.5. The average molecular weight is 352 g/mol. The molecule has 1 amide bonds. The second kappa shape index (κ2) is 8.44. The molecule has 0 aliphatic rings. The fourth-order valence-electron chi connectivity index (χ4n) is 1.82. The predicted molar refractivity (Wildman–Crippen MR) is 85.8 cm³/mol. The zero-order chi connectivity index (χ0) is 17.5. The highest BCUT2D eigenvalue weighted by Crippen LogP contribution is 2.21. The normalized spacial score (nSPS) is 11.9. The number of benzene rings is 1. The van der Waals surface area contributed by atoms with Gasteiger partial charge in [-0.1, -0.05) is 12.1 Å². The molecule has 2 rings (SSSR count). The molecule has 9 heteroatoms. The smallest absolute Gasteiger partial charge is 0.325 e. The molecule has 2 aromatic rings. The fourth-order valence-corrected chi connectivity index (χ4v) is 2.74. The van der Waals surface area contributed by atoms with Crippen LogP contribution in [0.4, 0.5) is 4.39 Å². The van der Waals surface area contributed by atoms with Crippen LogP contribution >= 0.6 is 11.8 Å². The standard InChI is InChI=1S/C15H17FN4O3S/c1-10(9-24-13-4-2-11(16)3-5-13)15(23)17-6-12-7-20(19-18-12)8-14(21)22/h2-5,7,10H,6,8-9H2,1H3,(H,17,23)(H,21,22). The number of nitrogens with one attached hydrogen (secondary N) is 1. The zero-order valence-electron chi connectivity index (χ0n) is 13.0. The molecule has 1 unspecified atom stereocenters. The molecule has 2 N–H and O–H groups in total. The lowest BCUT2D eigenvalue weighted by Gasteiger charge is -2.11. The summed E-state index contributed by atoms with van der Waals surface area (Å²) < 4.78 is 14.0. The first-order chi connectivity index (χ1) is 11.4. The molecule has 0 aliphatic heterocycles. The third-order valence-electron chi connectivity index (χ3n) is 3.09. The van der Waals surface area contributed by atoms with Crippen molar-refractivity contribution in [3.63, 3.8) is 0 Å². The Morgan fingerprint density at radius 3 is 2.75 bits per heavy atom. The Labute approximate surface area is 142 Å². The Hall–Kier alpha value is -2.42. The van der Waals surface area contributed by atoms with Crippen molar-refractivity contribution in [3.8, 4) is 0 Å². The Morgan fingerprint density at radius 2 is 2.08 bits per heavy atom. The van der Waals surface area contributed by atoms with E-state index in [4.69, 9.17) is 5.11 Å². The van der Waals surface area contributed by atoms with E-state index >= 15 is 0 Å². The van der Waals surface area contributed by atoms with Crippen LogP contribution in [0.15, 0.2) is 35.4 Å². The second-order valence-corrected chi connectivity index (χ2v) is 6.28. The molecule has 7 nitrogen and oxygen atoms in total. The van der Waals surface area contributed by atoms with Crippen molar-refractivity contribution in [2.24, 2.45) is 5.92 Å². The van der Waals surface area contributed by atoms with Crippen molar-refractivity contribution in [1.82, 2.24) is 20.3 Å². The van der Waals surface area contributed by atoms with Crippen LogP contribution in [0.1, 0.15) is 12.6 Å². The summed E-state index contributed by atoms with van der Waals surface area (Å²) in [6, 6.07) is 6.11. The largest absolute Gasteiger partial charge is 0.480 e. The first kappa shape index (κ1) is 17.9.